The molecule has 2 rings (SSSR count). The molecular weight excluding hydrogens is 292 g/mol. The highest BCUT2D eigenvalue weighted by atomic mass is 32.2. The van der Waals surface area contributed by atoms with Crippen LogP contribution in [0.5, 0.6) is 0 Å². The van der Waals surface area contributed by atoms with Gasteiger partial charge in [-0.05, 0) is 24.3 Å². The maximum Gasteiger partial charge on any atom is 0.264 e. The fourth-order valence-electron chi connectivity index (χ4n) is 1.74. The Labute approximate surface area is 123 Å². The van der Waals surface area contributed by atoms with E-state index < -0.39 is 10.0 Å². The summed E-state index contributed by atoms with van der Waals surface area (Å²) in [7, 11) is -2.08. The van der Waals surface area contributed by atoms with Gasteiger partial charge in [-0.3, -0.25) is 4.31 Å². The molecule has 2 N–H and O–H groups in total. The summed E-state index contributed by atoms with van der Waals surface area (Å²) in [5.41, 5.74) is 6.71. The van der Waals surface area contributed by atoms with Gasteiger partial charge in [0.1, 0.15) is 4.99 Å². The Morgan fingerprint density at radius 3 is 2.35 bits per heavy atom. The third-order valence-electron chi connectivity index (χ3n) is 2.90. The number of anilines is 1. The van der Waals surface area contributed by atoms with Gasteiger partial charge in [-0.2, -0.15) is 0 Å². The first kappa shape index (κ1) is 14.5. The molecular formula is C14H14N2O2S2. The molecule has 0 aliphatic carbocycles. The van der Waals surface area contributed by atoms with Gasteiger partial charge >= 0.3 is 0 Å². The van der Waals surface area contributed by atoms with E-state index in [0.29, 0.717) is 11.3 Å². The molecule has 0 fully saturated rings. The lowest BCUT2D eigenvalue weighted by atomic mass is 10.2. The van der Waals surface area contributed by atoms with E-state index >= 15 is 0 Å². The third kappa shape index (κ3) is 2.81. The maximum absolute atomic E-state index is 12.5. The molecule has 0 saturated heterocycles. The second-order valence-electron chi connectivity index (χ2n) is 4.20. The summed E-state index contributed by atoms with van der Waals surface area (Å²) in [6.07, 6.45) is 0. The fourth-order valence-corrected chi connectivity index (χ4v) is 3.08. The smallest absolute Gasteiger partial charge is 0.264 e. The zero-order valence-corrected chi connectivity index (χ0v) is 12.5. The molecule has 0 unspecified atom stereocenters. The molecule has 0 aliphatic rings. The SMILES string of the molecule is CN(c1cccc(C(N)=S)c1)S(=O)(=O)c1ccccc1. The van der Waals surface area contributed by atoms with Crippen LogP contribution in [0.4, 0.5) is 5.69 Å². The van der Waals surface area contributed by atoms with Gasteiger partial charge in [-0.15, -0.1) is 0 Å². The maximum atomic E-state index is 12.5. The van der Waals surface area contributed by atoms with Gasteiger partial charge in [-0.25, -0.2) is 8.42 Å². The zero-order valence-electron chi connectivity index (χ0n) is 10.9. The van der Waals surface area contributed by atoms with E-state index in [1.807, 2.05) is 0 Å². The van der Waals surface area contributed by atoms with Crippen molar-refractivity contribution in [3.05, 3.63) is 60.2 Å². The summed E-state index contributed by atoms with van der Waals surface area (Å²) < 4.78 is 26.2. The first-order chi connectivity index (χ1) is 9.43. The number of benzene rings is 2. The lowest BCUT2D eigenvalue weighted by molar-refractivity contribution is 0.594. The topological polar surface area (TPSA) is 63.4 Å². The summed E-state index contributed by atoms with van der Waals surface area (Å²) in [6.45, 7) is 0. The van der Waals surface area contributed by atoms with E-state index in [2.05, 4.69) is 0 Å². The van der Waals surface area contributed by atoms with Crippen LogP contribution >= 0.6 is 12.2 Å². The van der Waals surface area contributed by atoms with Crippen LogP contribution in [0.2, 0.25) is 0 Å². The van der Waals surface area contributed by atoms with E-state index in [-0.39, 0.29) is 9.88 Å². The van der Waals surface area contributed by atoms with E-state index in [9.17, 15) is 8.42 Å². The van der Waals surface area contributed by atoms with Crippen molar-refractivity contribution in [1.82, 2.24) is 0 Å². The Bertz CT molecular complexity index is 728. The molecule has 6 heteroatoms. The van der Waals surface area contributed by atoms with Crippen LogP contribution in [0.3, 0.4) is 0 Å². The van der Waals surface area contributed by atoms with E-state index in [1.165, 1.54) is 11.4 Å². The van der Waals surface area contributed by atoms with Crippen LogP contribution in [0.1, 0.15) is 5.56 Å². The minimum Gasteiger partial charge on any atom is -0.389 e. The first-order valence-corrected chi connectivity index (χ1v) is 7.71. The molecule has 0 amide bonds. The number of sulfonamides is 1. The fraction of sp³-hybridized carbons (Fsp3) is 0.0714. The van der Waals surface area contributed by atoms with Crippen molar-refractivity contribution >= 4 is 32.9 Å². The van der Waals surface area contributed by atoms with Gasteiger partial charge in [0.15, 0.2) is 0 Å². The molecule has 4 nitrogen and oxygen atoms in total. The molecule has 0 bridgehead atoms. The lowest BCUT2D eigenvalue weighted by Gasteiger charge is -2.20. The highest BCUT2D eigenvalue weighted by Gasteiger charge is 2.21. The highest BCUT2D eigenvalue weighted by molar-refractivity contribution is 7.92. The van der Waals surface area contributed by atoms with E-state index in [0.717, 1.165) is 0 Å². The predicted molar refractivity (Wildman–Crippen MR) is 84.4 cm³/mol. The van der Waals surface area contributed by atoms with Crippen molar-refractivity contribution < 1.29 is 8.42 Å². The summed E-state index contributed by atoms with van der Waals surface area (Å²) in [4.78, 5) is 0.473. The molecule has 0 heterocycles. The number of rotatable bonds is 4. The molecule has 0 radical (unpaired) electrons. The highest BCUT2D eigenvalue weighted by Crippen LogP contribution is 2.22. The predicted octanol–water partition coefficient (Wildman–Crippen LogP) is 2.15. The van der Waals surface area contributed by atoms with Crippen molar-refractivity contribution in [2.75, 3.05) is 11.4 Å². The number of nitrogens with two attached hydrogens (primary N) is 1. The first-order valence-electron chi connectivity index (χ1n) is 5.87. The molecule has 0 aliphatic heterocycles. The van der Waals surface area contributed by atoms with Crippen LogP contribution in [0.15, 0.2) is 59.5 Å². The average Bonchev–Trinajstić information content (AvgIpc) is 2.47. The summed E-state index contributed by atoms with van der Waals surface area (Å²) in [6, 6.07) is 15.1. The Balaban J connectivity index is 2.43. The molecule has 2 aromatic rings. The van der Waals surface area contributed by atoms with Gasteiger partial charge in [0, 0.05) is 12.6 Å². The summed E-state index contributed by atoms with van der Waals surface area (Å²) in [5.74, 6) is 0. The standard InChI is InChI=1S/C14H14N2O2S2/c1-16(12-7-5-6-11(10-12)14(15)19)20(17,18)13-8-3-2-4-9-13/h2-10H,1H3,(H2,15,19). The minimum absolute atomic E-state index is 0.234. The second kappa shape index (κ2) is 5.60. The third-order valence-corrected chi connectivity index (χ3v) is 4.93. The Morgan fingerprint density at radius 1 is 1.10 bits per heavy atom. The van der Waals surface area contributed by atoms with Crippen molar-refractivity contribution in [2.24, 2.45) is 5.73 Å². The van der Waals surface area contributed by atoms with Crippen LogP contribution in [0.25, 0.3) is 0 Å². The molecule has 2 aromatic carbocycles. The van der Waals surface area contributed by atoms with Gasteiger partial charge in [-0.1, -0.05) is 42.5 Å². The molecule has 0 saturated carbocycles. The summed E-state index contributed by atoms with van der Waals surface area (Å²) >= 11 is 4.90. The number of thiocarbonyl (C=S) groups is 1. The van der Waals surface area contributed by atoms with E-state index in [4.69, 9.17) is 18.0 Å². The van der Waals surface area contributed by atoms with Crippen LogP contribution in [0, 0.1) is 0 Å². The molecule has 0 aromatic heterocycles. The van der Waals surface area contributed by atoms with Crippen LogP contribution in [-0.2, 0) is 10.0 Å². The monoisotopic (exact) mass is 306 g/mol. The second-order valence-corrected chi connectivity index (χ2v) is 6.61. The van der Waals surface area contributed by atoms with E-state index in [1.54, 1.807) is 54.6 Å². The Morgan fingerprint density at radius 2 is 1.75 bits per heavy atom. The number of nitrogens with zero attached hydrogens (tertiary/aromatic N) is 1. The van der Waals surface area contributed by atoms with Gasteiger partial charge in [0.2, 0.25) is 0 Å². The van der Waals surface area contributed by atoms with Crippen molar-refractivity contribution in [2.45, 2.75) is 4.90 Å². The largest absolute Gasteiger partial charge is 0.389 e. The molecule has 20 heavy (non-hydrogen) atoms. The number of hydrogen-bond donors (Lipinski definition) is 1. The van der Waals surface area contributed by atoms with Crippen molar-refractivity contribution in [1.29, 1.82) is 0 Å². The van der Waals surface area contributed by atoms with Gasteiger partial charge < -0.3 is 5.73 Å². The Hall–Kier alpha value is -1.92. The van der Waals surface area contributed by atoms with Gasteiger partial charge in [0.25, 0.3) is 10.0 Å². The van der Waals surface area contributed by atoms with Gasteiger partial charge in [0.05, 0.1) is 10.6 Å². The molecule has 0 spiro atoms. The zero-order chi connectivity index (χ0) is 14.8. The van der Waals surface area contributed by atoms with Crippen LogP contribution in [-0.4, -0.2) is 20.5 Å². The quantitative estimate of drug-likeness (QED) is 0.879. The minimum atomic E-state index is -3.59. The van der Waals surface area contributed by atoms with Crippen molar-refractivity contribution in [3.8, 4) is 0 Å². The molecule has 0 atom stereocenters. The molecule has 104 valence electrons. The number of hydrogen-bond acceptors (Lipinski definition) is 3. The average molecular weight is 306 g/mol. The lowest BCUT2D eigenvalue weighted by Crippen LogP contribution is -2.26. The van der Waals surface area contributed by atoms with Crippen LogP contribution < -0.4 is 10.0 Å². The normalized spacial score (nSPS) is 11.1. The van der Waals surface area contributed by atoms with Crippen molar-refractivity contribution in [3.63, 3.8) is 0 Å². The summed E-state index contributed by atoms with van der Waals surface area (Å²) in [5, 5.41) is 0. The Kier molecular flexibility index (Phi) is 4.06.